The molecule has 0 spiro atoms. The Hall–Kier alpha value is -2.16. The van der Waals surface area contributed by atoms with Crippen LogP contribution in [0.15, 0.2) is 12.4 Å². The number of rotatable bonds is 6. The van der Waals surface area contributed by atoms with E-state index < -0.39 is 0 Å². The van der Waals surface area contributed by atoms with Crippen LogP contribution < -0.4 is 5.32 Å². The van der Waals surface area contributed by atoms with Crippen LogP contribution in [0.5, 0.6) is 0 Å². The lowest BCUT2D eigenvalue weighted by molar-refractivity contribution is 0.0792. The number of amides is 1. The lowest BCUT2D eigenvalue weighted by Crippen LogP contribution is -2.28. The number of anilines is 1. The van der Waals surface area contributed by atoms with Gasteiger partial charge in [0, 0.05) is 20.1 Å². The summed E-state index contributed by atoms with van der Waals surface area (Å²) in [7, 11) is 1.65. The predicted octanol–water partition coefficient (Wildman–Crippen LogP) is 1.28. The molecule has 6 nitrogen and oxygen atoms in total. The van der Waals surface area contributed by atoms with Crippen molar-refractivity contribution in [2.45, 2.75) is 19.8 Å². The number of aromatic nitrogens is 2. The molecular weight excluding hydrogens is 230 g/mol. The monoisotopic (exact) mass is 247 g/mol. The number of hydrogen-bond donors (Lipinski definition) is 1. The number of nitriles is 1. The van der Waals surface area contributed by atoms with Crippen molar-refractivity contribution in [2.75, 3.05) is 25.5 Å². The van der Waals surface area contributed by atoms with Crippen LogP contribution in [0.2, 0.25) is 0 Å². The van der Waals surface area contributed by atoms with Gasteiger partial charge in [-0.15, -0.1) is 0 Å². The van der Waals surface area contributed by atoms with Crippen LogP contribution in [0.4, 0.5) is 5.82 Å². The molecule has 1 amide bonds. The Kier molecular flexibility index (Phi) is 5.58. The summed E-state index contributed by atoms with van der Waals surface area (Å²) < 4.78 is 0. The van der Waals surface area contributed by atoms with Gasteiger partial charge in [-0.1, -0.05) is 6.92 Å². The van der Waals surface area contributed by atoms with Crippen molar-refractivity contribution in [1.82, 2.24) is 14.9 Å². The van der Waals surface area contributed by atoms with Gasteiger partial charge in [0.25, 0.3) is 5.91 Å². The van der Waals surface area contributed by atoms with Gasteiger partial charge in [-0.3, -0.25) is 9.78 Å². The molecule has 0 radical (unpaired) electrons. The molecule has 0 aliphatic heterocycles. The highest BCUT2D eigenvalue weighted by Gasteiger charge is 2.13. The van der Waals surface area contributed by atoms with Crippen molar-refractivity contribution in [2.24, 2.45) is 0 Å². The third-order valence-corrected chi connectivity index (χ3v) is 2.32. The highest BCUT2D eigenvalue weighted by atomic mass is 16.2. The normalized spacial score (nSPS) is 9.61. The third kappa shape index (κ3) is 4.01. The van der Waals surface area contributed by atoms with Gasteiger partial charge in [-0.2, -0.15) is 5.26 Å². The van der Waals surface area contributed by atoms with Crippen LogP contribution in [-0.4, -0.2) is 40.9 Å². The van der Waals surface area contributed by atoms with E-state index in [0.29, 0.717) is 18.8 Å². The molecular formula is C12H17N5O. The summed E-state index contributed by atoms with van der Waals surface area (Å²) in [6.07, 6.45) is 4.30. The van der Waals surface area contributed by atoms with Crippen LogP contribution >= 0.6 is 0 Å². The van der Waals surface area contributed by atoms with Gasteiger partial charge in [-0.05, 0) is 6.42 Å². The molecule has 0 fully saturated rings. The summed E-state index contributed by atoms with van der Waals surface area (Å²) in [5.74, 6) is 0.370. The lowest BCUT2D eigenvalue weighted by atomic mass is 10.3. The van der Waals surface area contributed by atoms with Crippen LogP contribution in [0.3, 0.4) is 0 Å². The van der Waals surface area contributed by atoms with E-state index in [4.69, 9.17) is 5.26 Å². The molecule has 0 aromatic carbocycles. The highest BCUT2D eigenvalue weighted by molar-refractivity contribution is 5.92. The number of nitrogens with zero attached hydrogens (tertiary/aromatic N) is 4. The summed E-state index contributed by atoms with van der Waals surface area (Å²) in [6, 6.07) is 2.00. The molecule has 0 bridgehead atoms. The second kappa shape index (κ2) is 7.22. The highest BCUT2D eigenvalue weighted by Crippen LogP contribution is 2.05. The van der Waals surface area contributed by atoms with Gasteiger partial charge < -0.3 is 10.2 Å². The fourth-order valence-corrected chi connectivity index (χ4v) is 1.32. The molecule has 0 saturated heterocycles. The molecule has 18 heavy (non-hydrogen) atoms. The van der Waals surface area contributed by atoms with Gasteiger partial charge in [-0.25, -0.2) is 4.98 Å². The zero-order chi connectivity index (χ0) is 13.4. The van der Waals surface area contributed by atoms with E-state index in [1.165, 1.54) is 11.1 Å². The first-order chi connectivity index (χ1) is 8.69. The van der Waals surface area contributed by atoms with E-state index >= 15 is 0 Å². The van der Waals surface area contributed by atoms with Crippen LogP contribution in [-0.2, 0) is 0 Å². The smallest absolute Gasteiger partial charge is 0.273 e. The standard InChI is InChI=1S/C12H17N5O/c1-3-6-15-11-9-14-8-10(16-11)12(18)17(2)7-4-5-13/h8-9H,3-4,6-7H2,1-2H3,(H,15,16). The Morgan fingerprint density at radius 1 is 1.56 bits per heavy atom. The van der Waals surface area contributed by atoms with Crippen molar-refractivity contribution in [3.05, 3.63) is 18.1 Å². The number of carbonyl (C=O) groups excluding carboxylic acids is 1. The third-order valence-electron chi connectivity index (χ3n) is 2.32. The molecule has 1 aromatic rings. The second-order valence-electron chi connectivity index (χ2n) is 3.85. The van der Waals surface area contributed by atoms with E-state index in [2.05, 4.69) is 15.3 Å². The van der Waals surface area contributed by atoms with E-state index in [1.54, 1.807) is 13.2 Å². The maximum absolute atomic E-state index is 12.0. The fourth-order valence-electron chi connectivity index (χ4n) is 1.32. The van der Waals surface area contributed by atoms with Crippen molar-refractivity contribution in [3.63, 3.8) is 0 Å². The zero-order valence-electron chi connectivity index (χ0n) is 10.7. The molecule has 0 atom stereocenters. The first-order valence-corrected chi connectivity index (χ1v) is 5.87. The quantitative estimate of drug-likeness (QED) is 0.819. The second-order valence-corrected chi connectivity index (χ2v) is 3.85. The molecule has 0 aliphatic carbocycles. The topological polar surface area (TPSA) is 81.9 Å². The molecule has 96 valence electrons. The van der Waals surface area contributed by atoms with Gasteiger partial charge >= 0.3 is 0 Å². The molecule has 1 heterocycles. The summed E-state index contributed by atoms with van der Waals surface area (Å²) in [6.45, 7) is 3.23. The molecule has 0 unspecified atom stereocenters. The average Bonchev–Trinajstić information content (AvgIpc) is 2.42. The van der Waals surface area contributed by atoms with Crippen molar-refractivity contribution in [1.29, 1.82) is 5.26 Å². The first kappa shape index (κ1) is 13.9. The van der Waals surface area contributed by atoms with E-state index in [9.17, 15) is 4.79 Å². The molecule has 1 N–H and O–H groups in total. The van der Waals surface area contributed by atoms with Crippen LogP contribution in [0.1, 0.15) is 30.3 Å². The van der Waals surface area contributed by atoms with E-state index in [1.807, 2.05) is 13.0 Å². The largest absolute Gasteiger partial charge is 0.369 e. The summed E-state index contributed by atoms with van der Waals surface area (Å²) in [5.41, 5.74) is 0.288. The lowest BCUT2D eigenvalue weighted by Gasteiger charge is -2.14. The SMILES string of the molecule is CCCNc1cncc(C(=O)N(C)CCC#N)n1. The Labute approximate surface area is 107 Å². The maximum Gasteiger partial charge on any atom is 0.273 e. The van der Waals surface area contributed by atoms with Gasteiger partial charge in [0.2, 0.25) is 0 Å². The van der Waals surface area contributed by atoms with E-state index in [0.717, 1.165) is 13.0 Å². The van der Waals surface area contributed by atoms with Crippen molar-refractivity contribution in [3.8, 4) is 6.07 Å². The van der Waals surface area contributed by atoms with Gasteiger partial charge in [0.05, 0.1) is 24.9 Å². The summed E-state index contributed by atoms with van der Waals surface area (Å²) in [4.78, 5) is 21.6. The van der Waals surface area contributed by atoms with Crippen LogP contribution in [0.25, 0.3) is 0 Å². The molecule has 1 aromatic heterocycles. The van der Waals surface area contributed by atoms with Gasteiger partial charge in [0.15, 0.2) is 0 Å². The average molecular weight is 247 g/mol. The number of carbonyl (C=O) groups is 1. The number of nitrogens with one attached hydrogen (secondary N) is 1. The zero-order valence-corrected chi connectivity index (χ0v) is 10.7. The van der Waals surface area contributed by atoms with Crippen LogP contribution in [0, 0.1) is 11.3 Å². The van der Waals surface area contributed by atoms with E-state index in [-0.39, 0.29) is 11.6 Å². The summed E-state index contributed by atoms with van der Waals surface area (Å²) >= 11 is 0. The minimum absolute atomic E-state index is 0.224. The maximum atomic E-state index is 12.0. The molecule has 6 heteroatoms. The summed E-state index contributed by atoms with van der Waals surface area (Å²) in [5, 5.41) is 11.6. The molecule has 0 aliphatic rings. The fraction of sp³-hybridized carbons (Fsp3) is 0.500. The Bertz CT molecular complexity index is 440. The Morgan fingerprint density at radius 2 is 2.33 bits per heavy atom. The number of hydrogen-bond acceptors (Lipinski definition) is 5. The molecule has 0 saturated carbocycles. The van der Waals surface area contributed by atoms with Crippen molar-refractivity contribution >= 4 is 11.7 Å². The predicted molar refractivity (Wildman–Crippen MR) is 68.0 cm³/mol. The molecule has 1 rings (SSSR count). The Morgan fingerprint density at radius 3 is 3.00 bits per heavy atom. The van der Waals surface area contributed by atoms with Gasteiger partial charge in [0.1, 0.15) is 11.5 Å². The van der Waals surface area contributed by atoms with Crippen molar-refractivity contribution < 1.29 is 4.79 Å². The first-order valence-electron chi connectivity index (χ1n) is 5.87. The minimum Gasteiger partial charge on any atom is -0.369 e. The minimum atomic E-state index is -0.224. The Balaban J connectivity index is 2.70.